The molecule has 0 saturated heterocycles. The summed E-state index contributed by atoms with van der Waals surface area (Å²) >= 11 is 0. The van der Waals surface area contributed by atoms with Crippen molar-refractivity contribution in [2.75, 3.05) is 7.11 Å². The standard InChI is InChI=1S/C10H6N2O2/c1-14-10(13)9-6-2-4-8(12-9)5-3-7-11/h2,4,6H,1H3. The maximum atomic E-state index is 11.0. The molecule has 0 aromatic carbocycles. The minimum Gasteiger partial charge on any atom is -0.464 e. The normalized spacial score (nSPS) is 8.00. The van der Waals surface area contributed by atoms with E-state index in [1.165, 1.54) is 13.2 Å². The second kappa shape index (κ2) is 4.64. The van der Waals surface area contributed by atoms with E-state index in [4.69, 9.17) is 5.26 Å². The average Bonchev–Trinajstić information content (AvgIpc) is 2.25. The molecule has 68 valence electrons. The Bertz CT molecular complexity index is 449. The molecule has 4 heteroatoms. The van der Waals surface area contributed by atoms with E-state index < -0.39 is 5.97 Å². The van der Waals surface area contributed by atoms with E-state index in [-0.39, 0.29) is 5.69 Å². The van der Waals surface area contributed by atoms with E-state index in [1.54, 1.807) is 18.2 Å². The third-order valence-electron chi connectivity index (χ3n) is 1.39. The average molecular weight is 186 g/mol. The molecule has 1 rings (SSSR count). The second-order valence-electron chi connectivity index (χ2n) is 2.26. The van der Waals surface area contributed by atoms with Gasteiger partial charge in [0, 0.05) is 5.92 Å². The summed E-state index contributed by atoms with van der Waals surface area (Å²) in [7, 11) is 1.28. The van der Waals surface area contributed by atoms with E-state index in [9.17, 15) is 4.79 Å². The molecule has 1 aromatic rings. The third kappa shape index (κ3) is 2.33. The lowest BCUT2D eigenvalue weighted by Crippen LogP contribution is -2.04. The van der Waals surface area contributed by atoms with Gasteiger partial charge in [0.1, 0.15) is 11.4 Å². The number of hydrogen-bond donors (Lipinski definition) is 0. The van der Waals surface area contributed by atoms with Gasteiger partial charge in [0.2, 0.25) is 0 Å². The topological polar surface area (TPSA) is 63.0 Å². The first-order valence-corrected chi connectivity index (χ1v) is 3.73. The van der Waals surface area contributed by atoms with Crippen molar-refractivity contribution in [3.05, 3.63) is 29.6 Å². The van der Waals surface area contributed by atoms with Crippen LogP contribution >= 0.6 is 0 Å². The summed E-state index contributed by atoms with van der Waals surface area (Å²) in [6.07, 6.45) is 0. The van der Waals surface area contributed by atoms with Crippen LogP contribution in [-0.4, -0.2) is 18.1 Å². The second-order valence-corrected chi connectivity index (χ2v) is 2.26. The van der Waals surface area contributed by atoms with Crippen LogP contribution in [0.5, 0.6) is 0 Å². The monoisotopic (exact) mass is 186 g/mol. The van der Waals surface area contributed by atoms with Crippen molar-refractivity contribution < 1.29 is 9.53 Å². The van der Waals surface area contributed by atoms with Gasteiger partial charge < -0.3 is 4.74 Å². The van der Waals surface area contributed by atoms with Crippen LogP contribution in [0.15, 0.2) is 18.2 Å². The smallest absolute Gasteiger partial charge is 0.356 e. The number of carbonyl (C=O) groups excluding carboxylic acids is 1. The van der Waals surface area contributed by atoms with Crippen molar-refractivity contribution in [3.8, 4) is 17.9 Å². The van der Waals surface area contributed by atoms with Gasteiger partial charge in [-0.05, 0) is 18.1 Å². The van der Waals surface area contributed by atoms with Crippen LogP contribution in [0.4, 0.5) is 0 Å². The molecule has 0 radical (unpaired) electrons. The number of rotatable bonds is 1. The highest BCUT2D eigenvalue weighted by atomic mass is 16.5. The van der Waals surface area contributed by atoms with E-state index in [0.717, 1.165) is 0 Å². The van der Waals surface area contributed by atoms with E-state index in [1.807, 2.05) is 0 Å². The third-order valence-corrected chi connectivity index (χ3v) is 1.39. The van der Waals surface area contributed by atoms with Gasteiger partial charge in [-0.25, -0.2) is 9.78 Å². The van der Waals surface area contributed by atoms with Crippen molar-refractivity contribution in [1.29, 1.82) is 5.26 Å². The molecule has 1 heterocycles. The predicted octanol–water partition coefficient (Wildman–Crippen LogP) is 0.743. The van der Waals surface area contributed by atoms with Crippen molar-refractivity contribution in [1.82, 2.24) is 4.98 Å². The minimum absolute atomic E-state index is 0.178. The van der Waals surface area contributed by atoms with Crippen molar-refractivity contribution >= 4 is 5.97 Å². The molecule has 0 fully saturated rings. The highest BCUT2D eigenvalue weighted by molar-refractivity contribution is 5.87. The molecular formula is C10H6N2O2. The Labute approximate surface area is 81.1 Å². The quantitative estimate of drug-likeness (QED) is 0.479. The summed E-state index contributed by atoms with van der Waals surface area (Å²) in [5, 5.41) is 8.21. The first-order valence-electron chi connectivity index (χ1n) is 3.73. The molecule has 0 aliphatic heterocycles. The molecular weight excluding hydrogens is 180 g/mol. The first-order chi connectivity index (χ1) is 6.77. The van der Waals surface area contributed by atoms with Crippen LogP contribution in [0.3, 0.4) is 0 Å². The number of pyridine rings is 1. The molecule has 4 nitrogen and oxygen atoms in total. The van der Waals surface area contributed by atoms with Crippen LogP contribution in [0.25, 0.3) is 0 Å². The van der Waals surface area contributed by atoms with Crippen LogP contribution in [0, 0.1) is 23.2 Å². The fourth-order valence-electron chi connectivity index (χ4n) is 0.815. The molecule has 0 spiro atoms. The van der Waals surface area contributed by atoms with Crippen LogP contribution in [-0.2, 0) is 4.74 Å². The van der Waals surface area contributed by atoms with Gasteiger partial charge in [0.25, 0.3) is 0 Å². The Balaban J connectivity index is 3.02. The number of hydrogen-bond acceptors (Lipinski definition) is 4. The number of carbonyl (C=O) groups is 1. The van der Waals surface area contributed by atoms with Gasteiger partial charge in [0.05, 0.1) is 7.11 Å². The van der Waals surface area contributed by atoms with Gasteiger partial charge in [-0.15, -0.1) is 0 Å². The van der Waals surface area contributed by atoms with Crippen molar-refractivity contribution in [3.63, 3.8) is 0 Å². The van der Waals surface area contributed by atoms with Gasteiger partial charge >= 0.3 is 5.97 Å². The van der Waals surface area contributed by atoms with Gasteiger partial charge in [-0.1, -0.05) is 6.07 Å². The fourth-order valence-corrected chi connectivity index (χ4v) is 0.815. The molecule has 1 aromatic heterocycles. The van der Waals surface area contributed by atoms with Gasteiger partial charge in [0.15, 0.2) is 6.07 Å². The van der Waals surface area contributed by atoms with Crippen molar-refractivity contribution in [2.45, 2.75) is 0 Å². The number of ether oxygens (including phenoxy) is 1. The number of nitrogens with zero attached hydrogens (tertiary/aromatic N) is 2. The zero-order chi connectivity index (χ0) is 10.4. The molecule has 0 aliphatic rings. The first kappa shape index (κ1) is 9.76. The summed E-state index contributed by atoms with van der Waals surface area (Å²) in [6, 6.07) is 6.41. The molecule has 0 amide bonds. The van der Waals surface area contributed by atoms with Crippen molar-refractivity contribution in [2.24, 2.45) is 0 Å². The van der Waals surface area contributed by atoms with E-state index >= 15 is 0 Å². The molecule has 0 aliphatic carbocycles. The Morgan fingerprint density at radius 1 is 1.57 bits per heavy atom. The van der Waals surface area contributed by atoms with Crippen LogP contribution < -0.4 is 0 Å². The van der Waals surface area contributed by atoms with E-state index in [2.05, 4.69) is 21.6 Å². The summed E-state index contributed by atoms with van der Waals surface area (Å²) in [5.41, 5.74) is 0.548. The summed E-state index contributed by atoms with van der Waals surface area (Å²) in [4.78, 5) is 14.9. The zero-order valence-corrected chi connectivity index (χ0v) is 7.44. The van der Waals surface area contributed by atoms with Crippen LogP contribution in [0.2, 0.25) is 0 Å². The highest BCUT2D eigenvalue weighted by Gasteiger charge is 2.05. The molecule has 14 heavy (non-hydrogen) atoms. The predicted molar refractivity (Wildman–Crippen MR) is 48.1 cm³/mol. The number of nitriles is 1. The van der Waals surface area contributed by atoms with E-state index in [0.29, 0.717) is 5.69 Å². The number of esters is 1. The lowest BCUT2D eigenvalue weighted by molar-refractivity contribution is 0.0594. The molecule has 0 bridgehead atoms. The molecule has 0 atom stereocenters. The molecule has 0 N–H and O–H groups in total. The Morgan fingerprint density at radius 3 is 3.00 bits per heavy atom. The van der Waals surface area contributed by atoms with Gasteiger partial charge in [-0.3, -0.25) is 0 Å². The highest BCUT2D eigenvalue weighted by Crippen LogP contribution is 1.99. The fraction of sp³-hybridized carbons (Fsp3) is 0.100. The maximum Gasteiger partial charge on any atom is 0.356 e. The summed E-state index contributed by atoms with van der Waals surface area (Å²) < 4.78 is 4.48. The SMILES string of the molecule is COC(=O)c1cccc(C#CC#N)n1. The molecule has 0 saturated carbocycles. The number of aromatic nitrogens is 1. The largest absolute Gasteiger partial charge is 0.464 e. The maximum absolute atomic E-state index is 11.0. The Hall–Kier alpha value is -2.33. The Kier molecular flexibility index (Phi) is 3.23. The zero-order valence-electron chi connectivity index (χ0n) is 7.44. The molecule has 0 unspecified atom stereocenters. The lowest BCUT2D eigenvalue weighted by atomic mass is 10.3. The Morgan fingerprint density at radius 2 is 2.36 bits per heavy atom. The lowest BCUT2D eigenvalue weighted by Gasteiger charge is -1.97. The number of methoxy groups -OCH3 is 1. The van der Waals surface area contributed by atoms with Crippen LogP contribution in [0.1, 0.15) is 16.2 Å². The minimum atomic E-state index is -0.523. The summed E-state index contributed by atoms with van der Waals surface area (Å²) in [5.74, 6) is 4.15. The summed E-state index contributed by atoms with van der Waals surface area (Å²) in [6.45, 7) is 0. The van der Waals surface area contributed by atoms with Gasteiger partial charge in [-0.2, -0.15) is 5.26 Å².